The average Bonchev–Trinajstić information content (AvgIpc) is 3.18. The maximum absolute atomic E-state index is 6.04. The fourth-order valence-corrected chi connectivity index (χ4v) is 4.16. The van der Waals surface area contributed by atoms with Crippen LogP contribution in [0.3, 0.4) is 0 Å². The lowest BCUT2D eigenvalue weighted by Gasteiger charge is -2.15. The Hall–Kier alpha value is -3.67. The van der Waals surface area contributed by atoms with Gasteiger partial charge >= 0.3 is 0 Å². The minimum absolute atomic E-state index is 0.563. The fourth-order valence-electron chi connectivity index (χ4n) is 4.16. The standard InChI is InChI=1S/C27H30N2O4/c1-18-13-19(2)15-21(14-18)33-12-8-11-29-23-10-7-6-9-22(23)28-27(29)20-16-24(30-3)26(32-5)25(17-20)31-4/h6-7,9-10,13-17H,8,11-12H2,1-5H3. The van der Waals surface area contributed by atoms with Crippen LogP contribution in [0.2, 0.25) is 0 Å². The molecule has 0 amide bonds. The summed E-state index contributed by atoms with van der Waals surface area (Å²) < 4.78 is 24.9. The first-order valence-electron chi connectivity index (χ1n) is 11.0. The van der Waals surface area contributed by atoms with Gasteiger partial charge in [0.05, 0.1) is 39.0 Å². The third-order valence-corrected chi connectivity index (χ3v) is 5.57. The van der Waals surface area contributed by atoms with Crippen molar-refractivity contribution in [1.29, 1.82) is 0 Å². The average molecular weight is 447 g/mol. The van der Waals surface area contributed by atoms with Crippen molar-refractivity contribution in [3.8, 4) is 34.4 Å². The van der Waals surface area contributed by atoms with Gasteiger partial charge in [0.25, 0.3) is 0 Å². The maximum atomic E-state index is 6.04. The zero-order valence-corrected chi connectivity index (χ0v) is 19.8. The lowest BCUT2D eigenvalue weighted by Crippen LogP contribution is -2.06. The van der Waals surface area contributed by atoms with E-state index in [0.717, 1.165) is 41.1 Å². The highest BCUT2D eigenvalue weighted by molar-refractivity contribution is 5.81. The molecule has 0 saturated heterocycles. The Morgan fingerprint density at radius 3 is 2.12 bits per heavy atom. The van der Waals surface area contributed by atoms with Crippen LogP contribution in [0, 0.1) is 13.8 Å². The summed E-state index contributed by atoms with van der Waals surface area (Å²) in [5.74, 6) is 3.52. The molecule has 33 heavy (non-hydrogen) atoms. The Bertz CT molecular complexity index is 1220. The highest BCUT2D eigenvalue weighted by atomic mass is 16.5. The number of aromatic nitrogens is 2. The second-order valence-corrected chi connectivity index (χ2v) is 8.02. The molecule has 6 nitrogen and oxygen atoms in total. The first kappa shape index (κ1) is 22.5. The van der Waals surface area contributed by atoms with Crippen molar-refractivity contribution < 1.29 is 18.9 Å². The molecular formula is C27H30N2O4. The summed E-state index contributed by atoms with van der Waals surface area (Å²) in [6, 6.07) is 18.3. The van der Waals surface area contributed by atoms with Gasteiger partial charge in [-0.3, -0.25) is 0 Å². The van der Waals surface area contributed by atoms with Crippen LogP contribution in [0.4, 0.5) is 0 Å². The van der Waals surface area contributed by atoms with E-state index >= 15 is 0 Å². The van der Waals surface area contributed by atoms with Crippen LogP contribution in [-0.4, -0.2) is 37.5 Å². The van der Waals surface area contributed by atoms with Crippen LogP contribution < -0.4 is 18.9 Å². The zero-order valence-electron chi connectivity index (χ0n) is 19.8. The summed E-state index contributed by atoms with van der Waals surface area (Å²) >= 11 is 0. The van der Waals surface area contributed by atoms with Gasteiger partial charge < -0.3 is 23.5 Å². The summed E-state index contributed by atoms with van der Waals surface area (Å²) in [5.41, 5.74) is 5.32. The van der Waals surface area contributed by atoms with Gasteiger partial charge in [-0.25, -0.2) is 4.98 Å². The summed E-state index contributed by atoms with van der Waals surface area (Å²) in [7, 11) is 4.84. The van der Waals surface area contributed by atoms with Crippen LogP contribution in [0.15, 0.2) is 54.6 Å². The number of aryl methyl sites for hydroxylation is 3. The molecule has 1 aromatic heterocycles. The van der Waals surface area contributed by atoms with E-state index in [4.69, 9.17) is 23.9 Å². The molecule has 172 valence electrons. The molecule has 3 aromatic carbocycles. The van der Waals surface area contributed by atoms with Crippen LogP contribution >= 0.6 is 0 Å². The molecule has 0 atom stereocenters. The molecule has 4 rings (SSSR count). The SMILES string of the molecule is COc1cc(-c2nc3ccccc3n2CCCOc2cc(C)cc(C)c2)cc(OC)c1OC. The van der Waals surface area contributed by atoms with Gasteiger partial charge in [-0.1, -0.05) is 18.2 Å². The summed E-state index contributed by atoms with van der Waals surface area (Å²) in [6.45, 7) is 5.55. The number of nitrogens with zero attached hydrogens (tertiary/aromatic N) is 2. The molecule has 0 N–H and O–H groups in total. The number of hydrogen-bond donors (Lipinski definition) is 0. The van der Waals surface area contributed by atoms with Crippen molar-refractivity contribution in [2.75, 3.05) is 27.9 Å². The third kappa shape index (κ3) is 4.75. The predicted octanol–water partition coefficient (Wildman–Crippen LogP) is 5.82. The van der Waals surface area contributed by atoms with Crippen LogP contribution in [0.5, 0.6) is 23.0 Å². The molecule has 6 heteroatoms. The van der Waals surface area contributed by atoms with E-state index in [1.54, 1.807) is 21.3 Å². The second-order valence-electron chi connectivity index (χ2n) is 8.02. The monoisotopic (exact) mass is 446 g/mol. The van der Waals surface area contributed by atoms with Crippen molar-refractivity contribution in [1.82, 2.24) is 9.55 Å². The number of methoxy groups -OCH3 is 3. The molecule has 0 aliphatic heterocycles. The summed E-state index contributed by atoms with van der Waals surface area (Å²) in [4.78, 5) is 4.92. The minimum Gasteiger partial charge on any atom is -0.494 e. The van der Waals surface area contributed by atoms with Crippen molar-refractivity contribution >= 4 is 11.0 Å². The van der Waals surface area contributed by atoms with E-state index in [2.05, 4.69) is 42.7 Å². The van der Waals surface area contributed by atoms with Gasteiger partial charge in [0.2, 0.25) is 5.75 Å². The van der Waals surface area contributed by atoms with Crippen molar-refractivity contribution in [2.45, 2.75) is 26.8 Å². The molecule has 0 bridgehead atoms. The van der Waals surface area contributed by atoms with E-state index in [9.17, 15) is 0 Å². The molecule has 0 aliphatic carbocycles. The number of fused-ring (bicyclic) bond motifs is 1. The number of benzene rings is 3. The highest BCUT2D eigenvalue weighted by Gasteiger charge is 2.18. The molecule has 4 aromatic rings. The van der Waals surface area contributed by atoms with Crippen LogP contribution in [-0.2, 0) is 6.54 Å². The smallest absolute Gasteiger partial charge is 0.203 e. The quantitative estimate of drug-likeness (QED) is 0.304. The number of para-hydroxylation sites is 2. The normalized spacial score (nSPS) is 10.9. The highest BCUT2D eigenvalue weighted by Crippen LogP contribution is 2.41. The van der Waals surface area contributed by atoms with Gasteiger partial charge in [0, 0.05) is 12.1 Å². The summed E-state index contributed by atoms with van der Waals surface area (Å²) in [5, 5.41) is 0. The van der Waals surface area contributed by atoms with E-state index < -0.39 is 0 Å². The number of imidazole rings is 1. The molecule has 0 saturated carbocycles. The van der Waals surface area contributed by atoms with Gasteiger partial charge in [0.1, 0.15) is 11.6 Å². The molecule has 0 fully saturated rings. The number of rotatable bonds is 9. The van der Waals surface area contributed by atoms with Gasteiger partial charge in [0.15, 0.2) is 11.5 Å². The van der Waals surface area contributed by atoms with Gasteiger partial charge in [-0.05, 0) is 67.8 Å². The van der Waals surface area contributed by atoms with Crippen LogP contribution in [0.1, 0.15) is 17.5 Å². The van der Waals surface area contributed by atoms with Crippen molar-refractivity contribution in [3.63, 3.8) is 0 Å². The van der Waals surface area contributed by atoms with Crippen molar-refractivity contribution in [3.05, 3.63) is 65.7 Å². The largest absolute Gasteiger partial charge is 0.494 e. The Balaban J connectivity index is 1.64. The fraction of sp³-hybridized carbons (Fsp3) is 0.296. The first-order chi connectivity index (χ1) is 16.0. The zero-order chi connectivity index (χ0) is 23.4. The molecule has 0 unspecified atom stereocenters. The van der Waals surface area contributed by atoms with E-state index in [1.807, 2.05) is 30.3 Å². The predicted molar refractivity (Wildman–Crippen MR) is 131 cm³/mol. The molecule has 0 aliphatic rings. The van der Waals surface area contributed by atoms with E-state index in [0.29, 0.717) is 23.9 Å². The molecule has 0 spiro atoms. The first-order valence-corrected chi connectivity index (χ1v) is 11.0. The van der Waals surface area contributed by atoms with E-state index in [1.165, 1.54) is 11.1 Å². The molecular weight excluding hydrogens is 416 g/mol. The lowest BCUT2D eigenvalue weighted by atomic mass is 10.1. The lowest BCUT2D eigenvalue weighted by molar-refractivity contribution is 0.302. The maximum Gasteiger partial charge on any atom is 0.203 e. The molecule has 1 heterocycles. The topological polar surface area (TPSA) is 54.7 Å². The molecule has 0 radical (unpaired) electrons. The Labute approximate surface area is 194 Å². The van der Waals surface area contributed by atoms with E-state index in [-0.39, 0.29) is 0 Å². The van der Waals surface area contributed by atoms with Crippen molar-refractivity contribution in [2.24, 2.45) is 0 Å². The van der Waals surface area contributed by atoms with Crippen LogP contribution in [0.25, 0.3) is 22.4 Å². The Morgan fingerprint density at radius 1 is 0.818 bits per heavy atom. The minimum atomic E-state index is 0.563. The Morgan fingerprint density at radius 2 is 1.48 bits per heavy atom. The van der Waals surface area contributed by atoms with Gasteiger partial charge in [-0.15, -0.1) is 0 Å². The Kier molecular flexibility index (Phi) is 6.73. The third-order valence-electron chi connectivity index (χ3n) is 5.57. The summed E-state index contributed by atoms with van der Waals surface area (Å²) in [6.07, 6.45) is 0.838. The van der Waals surface area contributed by atoms with Gasteiger partial charge in [-0.2, -0.15) is 0 Å². The second kappa shape index (κ2) is 9.86. The number of ether oxygens (including phenoxy) is 4. The number of hydrogen-bond acceptors (Lipinski definition) is 5.